The van der Waals surface area contributed by atoms with Crippen LogP contribution in [-0.2, 0) is 14.3 Å². The highest BCUT2D eigenvalue weighted by Gasteiger charge is 2.51. The maximum atomic E-state index is 12.6. The number of nitro groups is 1. The fourth-order valence-corrected chi connectivity index (χ4v) is 5.67. The van der Waals surface area contributed by atoms with Crippen LogP contribution in [0.5, 0.6) is 0 Å². The lowest BCUT2D eigenvalue weighted by molar-refractivity contribution is -0.384. The predicted octanol–water partition coefficient (Wildman–Crippen LogP) is 3.80. The maximum Gasteiger partial charge on any atom is 0.310 e. The Kier molecular flexibility index (Phi) is 4.80. The molecule has 144 valence electrons. The summed E-state index contributed by atoms with van der Waals surface area (Å²) in [5.41, 5.74) is 0.0873. The van der Waals surface area contributed by atoms with Crippen LogP contribution in [0.15, 0.2) is 18.2 Å². The minimum Gasteiger partial charge on any atom is -0.455 e. The predicted molar refractivity (Wildman–Crippen MR) is 98.2 cm³/mol. The van der Waals surface area contributed by atoms with Gasteiger partial charge in [-0.25, -0.2) is 0 Å². The second-order valence-corrected chi connectivity index (χ2v) is 8.44. The van der Waals surface area contributed by atoms with Gasteiger partial charge in [0.1, 0.15) is 0 Å². The van der Waals surface area contributed by atoms with Crippen molar-refractivity contribution in [3.8, 4) is 0 Å². The molecule has 4 fully saturated rings. The molecule has 4 bridgehead atoms. The van der Waals surface area contributed by atoms with Crippen molar-refractivity contribution >= 4 is 34.9 Å². The van der Waals surface area contributed by atoms with E-state index in [0.29, 0.717) is 11.8 Å². The number of nitrogens with zero attached hydrogens (tertiary/aromatic N) is 1. The minimum atomic E-state index is -0.565. The maximum absolute atomic E-state index is 12.6. The number of non-ortho nitro benzene ring substituents is 1. The van der Waals surface area contributed by atoms with Crippen LogP contribution in [0.4, 0.5) is 11.4 Å². The van der Waals surface area contributed by atoms with E-state index in [9.17, 15) is 19.7 Å². The van der Waals surface area contributed by atoms with Crippen molar-refractivity contribution in [2.45, 2.75) is 32.1 Å². The van der Waals surface area contributed by atoms with E-state index in [1.807, 2.05) is 0 Å². The highest BCUT2D eigenvalue weighted by molar-refractivity contribution is 6.34. The summed E-state index contributed by atoms with van der Waals surface area (Å²) in [6.45, 7) is -0.380. The van der Waals surface area contributed by atoms with Gasteiger partial charge in [0, 0.05) is 12.1 Å². The van der Waals surface area contributed by atoms with Gasteiger partial charge in [-0.2, -0.15) is 0 Å². The standard InChI is InChI=1S/C19H21ClN2O5/c20-15-8-14(22(25)26)1-2-16(15)21-17(23)9-27-19(24)18-12-4-10-3-11(6-12)7-13(18)5-10/h1-2,8,10-13,18H,3-7,9H2,(H,21,23). The summed E-state index contributed by atoms with van der Waals surface area (Å²) < 4.78 is 5.30. The van der Waals surface area contributed by atoms with Gasteiger partial charge in [-0.05, 0) is 61.8 Å². The fraction of sp³-hybridized carbons (Fsp3) is 0.579. The second-order valence-electron chi connectivity index (χ2n) is 8.03. The van der Waals surface area contributed by atoms with Crippen molar-refractivity contribution < 1.29 is 19.2 Å². The third-order valence-electron chi connectivity index (χ3n) is 6.28. The Morgan fingerprint density at radius 3 is 2.33 bits per heavy atom. The second kappa shape index (κ2) is 7.11. The van der Waals surface area contributed by atoms with Gasteiger partial charge in [0.05, 0.1) is 21.6 Å². The first-order chi connectivity index (χ1) is 12.9. The molecule has 0 unspecified atom stereocenters. The zero-order valence-electron chi connectivity index (χ0n) is 14.7. The Hall–Kier alpha value is -2.15. The smallest absolute Gasteiger partial charge is 0.310 e. The lowest BCUT2D eigenvalue weighted by Gasteiger charge is -2.53. The van der Waals surface area contributed by atoms with Crippen molar-refractivity contribution in [3.63, 3.8) is 0 Å². The molecular formula is C19H21ClN2O5. The number of amides is 1. The Bertz CT molecular complexity index is 768. The van der Waals surface area contributed by atoms with E-state index in [1.54, 1.807) is 0 Å². The summed E-state index contributed by atoms with van der Waals surface area (Å²) in [4.78, 5) is 34.8. The number of carbonyl (C=O) groups is 2. The van der Waals surface area contributed by atoms with Crippen molar-refractivity contribution in [2.24, 2.45) is 29.6 Å². The van der Waals surface area contributed by atoms with Gasteiger partial charge in [-0.15, -0.1) is 0 Å². The van der Waals surface area contributed by atoms with E-state index in [0.717, 1.165) is 43.6 Å². The molecule has 0 aromatic heterocycles. The number of ether oxygens (including phenoxy) is 1. The molecule has 4 saturated carbocycles. The van der Waals surface area contributed by atoms with Gasteiger partial charge < -0.3 is 10.1 Å². The Labute approximate surface area is 161 Å². The monoisotopic (exact) mass is 392 g/mol. The molecule has 8 heteroatoms. The van der Waals surface area contributed by atoms with Crippen molar-refractivity contribution in [1.82, 2.24) is 0 Å². The third-order valence-corrected chi connectivity index (χ3v) is 6.59. The van der Waals surface area contributed by atoms with E-state index in [4.69, 9.17) is 16.3 Å². The Morgan fingerprint density at radius 1 is 1.15 bits per heavy atom. The van der Waals surface area contributed by atoms with Crippen LogP contribution in [-0.4, -0.2) is 23.4 Å². The first-order valence-corrected chi connectivity index (χ1v) is 9.69. The number of halogens is 1. The zero-order valence-corrected chi connectivity index (χ0v) is 15.5. The molecule has 1 aromatic rings. The number of carbonyl (C=O) groups excluding carboxylic acids is 2. The van der Waals surface area contributed by atoms with Crippen LogP contribution >= 0.6 is 11.6 Å². The van der Waals surface area contributed by atoms with Crippen LogP contribution in [0.25, 0.3) is 0 Å². The summed E-state index contributed by atoms with van der Waals surface area (Å²) in [5, 5.41) is 13.3. The highest BCUT2D eigenvalue weighted by Crippen LogP contribution is 2.56. The van der Waals surface area contributed by atoms with Crippen LogP contribution in [0.1, 0.15) is 32.1 Å². The van der Waals surface area contributed by atoms with Gasteiger partial charge >= 0.3 is 5.97 Å². The van der Waals surface area contributed by atoms with Gasteiger partial charge in [-0.1, -0.05) is 11.6 Å². The highest BCUT2D eigenvalue weighted by atomic mass is 35.5. The molecule has 5 rings (SSSR count). The number of benzene rings is 1. The number of esters is 1. The van der Waals surface area contributed by atoms with Crippen LogP contribution < -0.4 is 5.32 Å². The number of rotatable bonds is 5. The normalized spacial score (nSPS) is 30.8. The molecule has 0 atom stereocenters. The van der Waals surface area contributed by atoms with Gasteiger partial charge in [-0.3, -0.25) is 19.7 Å². The minimum absolute atomic E-state index is 0.0601. The average molecular weight is 393 g/mol. The molecular weight excluding hydrogens is 372 g/mol. The molecule has 0 aliphatic heterocycles. The van der Waals surface area contributed by atoms with Crippen molar-refractivity contribution in [3.05, 3.63) is 33.3 Å². The lowest BCUT2D eigenvalue weighted by Crippen LogP contribution is -2.48. The number of nitrogens with one attached hydrogen (secondary N) is 1. The zero-order chi connectivity index (χ0) is 19.1. The SMILES string of the molecule is O=C(COC(=O)C1C2CC3CC(C2)CC1C3)Nc1ccc([N+](=O)[O-])cc1Cl. The van der Waals surface area contributed by atoms with E-state index in [1.165, 1.54) is 18.6 Å². The van der Waals surface area contributed by atoms with Crippen LogP contribution in [0.3, 0.4) is 0 Å². The topological polar surface area (TPSA) is 98.5 Å². The molecule has 0 saturated heterocycles. The number of nitro benzene ring substituents is 1. The summed E-state index contributed by atoms with van der Waals surface area (Å²) >= 11 is 5.96. The van der Waals surface area contributed by atoms with E-state index < -0.39 is 10.8 Å². The summed E-state index contributed by atoms with van der Waals surface area (Å²) in [5.74, 6) is 1.49. The molecule has 7 nitrogen and oxygen atoms in total. The van der Waals surface area contributed by atoms with Crippen molar-refractivity contribution in [2.75, 3.05) is 11.9 Å². The molecule has 1 N–H and O–H groups in total. The molecule has 1 amide bonds. The molecule has 4 aliphatic rings. The van der Waals surface area contributed by atoms with Gasteiger partial charge in [0.15, 0.2) is 6.61 Å². The fourth-order valence-electron chi connectivity index (χ4n) is 5.45. The molecule has 27 heavy (non-hydrogen) atoms. The van der Waals surface area contributed by atoms with Gasteiger partial charge in [0.2, 0.25) is 0 Å². The van der Waals surface area contributed by atoms with E-state index in [-0.39, 0.29) is 34.9 Å². The van der Waals surface area contributed by atoms with Gasteiger partial charge in [0.25, 0.3) is 11.6 Å². The number of hydrogen-bond acceptors (Lipinski definition) is 5. The first-order valence-electron chi connectivity index (χ1n) is 9.31. The third kappa shape index (κ3) is 3.65. The van der Waals surface area contributed by atoms with E-state index >= 15 is 0 Å². The molecule has 0 spiro atoms. The van der Waals surface area contributed by atoms with Crippen molar-refractivity contribution in [1.29, 1.82) is 0 Å². The summed E-state index contributed by atoms with van der Waals surface area (Å²) in [6.07, 6.45) is 5.75. The van der Waals surface area contributed by atoms with Crippen LogP contribution in [0, 0.1) is 39.7 Å². The number of anilines is 1. The molecule has 0 heterocycles. The Balaban J connectivity index is 1.32. The molecule has 1 aromatic carbocycles. The summed E-state index contributed by atoms with van der Waals surface area (Å²) in [6, 6.07) is 3.78. The summed E-state index contributed by atoms with van der Waals surface area (Å²) in [7, 11) is 0. The largest absolute Gasteiger partial charge is 0.455 e. The number of hydrogen-bond donors (Lipinski definition) is 1. The quantitative estimate of drug-likeness (QED) is 0.466. The molecule has 4 aliphatic carbocycles. The van der Waals surface area contributed by atoms with Crippen LogP contribution in [0.2, 0.25) is 5.02 Å². The van der Waals surface area contributed by atoms with E-state index in [2.05, 4.69) is 5.32 Å². The Morgan fingerprint density at radius 2 is 1.78 bits per heavy atom. The average Bonchev–Trinajstić information content (AvgIpc) is 2.60. The molecule has 0 radical (unpaired) electrons. The first kappa shape index (κ1) is 18.2. The lowest BCUT2D eigenvalue weighted by atomic mass is 9.52.